The van der Waals surface area contributed by atoms with Crippen LogP contribution in [0.25, 0.3) is 17.0 Å². The number of hydrogen-bond acceptors (Lipinski definition) is 5. The Kier molecular flexibility index (Phi) is 5.44. The maximum Gasteiger partial charge on any atom is 0.246 e. The van der Waals surface area contributed by atoms with Gasteiger partial charge < -0.3 is 19.7 Å². The molecule has 7 nitrogen and oxygen atoms in total. The summed E-state index contributed by atoms with van der Waals surface area (Å²) in [5, 5.41) is 13.3. The van der Waals surface area contributed by atoms with Gasteiger partial charge in [0, 0.05) is 37.2 Å². The molecule has 2 heterocycles. The number of para-hydroxylation sites is 1. The molecule has 2 N–H and O–H groups in total. The van der Waals surface area contributed by atoms with E-state index in [1.807, 2.05) is 31.2 Å². The first kappa shape index (κ1) is 19.2. The predicted molar refractivity (Wildman–Crippen MR) is 107 cm³/mol. The number of aryl methyl sites for hydroxylation is 1. The number of anilines is 1. The lowest BCUT2D eigenvalue weighted by Gasteiger charge is -2.13. The number of likely N-dealkylation sites (N-methyl/N-ethyl adjacent to an activating group) is 1. The molecule has 0 radical (unpaired) electrons. The van der Waals surface area contributed by atoms with Gasteiger partial charge >= 0.3 is 0 Å². The summed E-state index contributed by atoms with van der Waals surface area (Å²) in [7, 11) is 1.69. The third-order valence-electron chi connectivity index (χ3n) is 4.30. The van der Waals surface area contributed by atoms with Gasteiger partial charge in [-0.1, -0.05) is 18.2 Å². The fourth-order valence-corrected chi connectivity index (χ4v) is 2.79. The Balaban J connectivity index is 1.69. The molecule has 0 aliphatic carbocycles. The van der Waals surface area contributed by atoms with Crippen LogP contribution in [0.1, 0.15) is 23.8 Å². The highest BCUT2D eigenvalue weighted by atomic mass is 16.3. The van der Waals surface area contributed by atoms with E-state index < -0.39 is 0 Å². The Hall–Kier alpha value is -3.61. The quantitative estimate of drug-likeness (QED) is 0.662. The van der Waals surface area contributed by atoms with Crippen molar-refractivity contribution in [1.29, 1.82) is 0 Å². The Labute approximate surface area is 162 Å². The number of pyridine rings is 1. The van der Waals surface area contributed by atoms with Gasteiger partial charge in [-0.25, -0.2) is 4.98 Å². The molecule has 0 unspecified atom stereocenters. The highest BCUT2D eigenvalue weighted by molar-refractivity contribution is 5.92. The summed E-state index contributed by atoms with van der Waals surface area (Å²) < 4.78 is 5.85. The summed E-state index contributed by atoms with van der Waals surface area (Å²) >= 11 is 0. The Bertz CT molecular complexity index is 1070. The lowest BCUT2D eigenvalue weighted by molar-refractivity contribution is -0.125. The molecule has 0 aliphatic rings. The summed E-state index contributed by atoms with van der Waals surface area (Å²) in [6.45, 7) is 3.64. The van der Waals surface area contributed by atoms with Gasteiger partial charge in [0.2, 0.25) is 11.8 Å². The molecule has 0 saturated carbocycles. The first-order valence-corrected chi connectivity index (χ1v) is 8.72. The van der Waals surface area contributed by atoms with Crippen molar-refractivity contribution < 1.29 is 19.1 Å². The van der Waals surface area contributed by atoms with Gasteiger partial charge in [0.25, 0.3) is 0 Å². The number of fused-ring (bicyclic) bond motifs is 1. The van der Waals surface area contributed by atoms with E-state index in [2.05, 4.69) is 10.3 Å². The lowest BCUT2D eigenvalue weighted by Crippen LogP contribution is -2.24. The number of aromatic hydroxyl groups is 1. The van der Waals surface area contributed by atoms with E-state index >= 15 is 0 Å². The molecule has 3 rings (SSSR count). The van der Waals surface area contributed by atoms with E-state index in [1.165, 1.54) is 25.3 Å². The molecule has 0 fully saturated rings. The standard InChI is InChI=1S/C21H21N3O4/c1-13-16-6-4-5-7-18(16)28-19(13)12-24(3)20(27)9-8-15-10-17(26)21(22-11-15)23-14(2)25/h4-11,26H,12H2,1-3H3,(H,22,23,25)/b9-8+. The zero-order valence-corrected chi connectivity index (χ0v) is 15.9. The SMILES string of the molecule is CC(=O)Nc1ncc(/C=C/C(=O)N(C)Cc2oc3ccccc3c2C)cc1O. The second kappa shape index (κ2) is 7.96. The van der Waals surface area contributed by atoms with Gasteiger partial charge in [0.15, 0.2) is 11.6 Å². The van der Waals surface area contributed by atoms with Crippen LogP contribution in [0.3, 0.4) is 0 Å². The second-order valence-electron chi connectivity index (χ2n) is 6.49. The molecule has 7 heteroatoms. The maximum absolute atomic E-state index is 12.4. The molecule has 28 heavy (non-hydrogen) atoms. The van der Waals surface area contributed by atoms with Crippen LogP contribution in [0.4, 0.5) is 5.82 Å². The third-order valence-corrected chi connectivity index (χ3v) is 4.30. The van der Waals surface area contributed by atoms with Crippen molar-refractivity contribution in [1.82, 2.24) is 9.88 Å². The van der Waals surface area contributed by atoms with Crippen LogP contribution in [0.5, 0.6) is 5.75 Å². The van der Waals surface area contributed by atoms with Crippen molar-refractivity contribution in [2.75, 3.05) is 12.4 Å². The normalized spacial score (nSPS) is 11.1. The van der Waals surface area contributed by atoms with Crippen molar-refractivity contribution in [3.05, 3.63) is 59.5 Å². The fourth-order valence-electron chi connectivity index (χ4n) is 2.79. The van der Waals surface area contributed by atoms with E-state index in [-0.39, 0.29) is 23.4 Å². The molecule has 1 aromatic carbocycles. The number of carbonyl (C=O) groups is 2. The molecular weight excluding hydrogens is 358 g/mol. The van der Waals surface area contributed by atoms with Crippen LogP contribution in [-0.4, -0.2) is 33.9 Å². The molecule has 0 bridgehead atoms. The number of nitrogens with zero attached hydrogens (tertiary/aromatic N) is 2. The Morgan fingerprint density at radius 3 is 2.75 bits per heavy atom. The molecule has 0 aliphatic heterocycles. The summed E-state index contributed by atoms with van der Waals surface area (Å²) in [6, 6.07) is 9.17. The first-order chi connectivity index (χ1) is 13.3. The van der Waals surface area contributed by atoms with E-state index in [4.69, 9.17) is 4.42 Å². The maximum atomic E-state index is 12.4. The molecule has 0 atom stereocenters. The predicted octanol–water partition coefficient (Wildman–Crippen LogP) is 3.47. The van der Waals surface area contributed by atoms with Crippen molar-refractivity contribution >= 4 is 34.7 Å². The first-order valence-electron chi connectivity index (χ1n) is 8.72. The van der Waals surface area contributed by atoms with Crippen LogP contribution in [0.15, 0.2) is 47.0 Å². The van der Waals surface area contributed by atoms with Crippen LogP contribution >= 0.6 is 0 Å². The zero-order valence-electron chi connectivity index (χ0n) is 15.9. The van der Waals surface area contributed by atoms with Gasteiger partial charge in [0.1, 0.15) is 11.3 Å². The van der Waals surface area contributed by atoms with E-state index in [0.29, 0.717) is 12.1 Å². The second-order valence-corrected chi connectivity index (χ2v) is 6.49. The smallest absolute Gasteiger partial charge is 0.246 e. The Morgan fingerprint density at radius 2 is 2.07 bits per heavy atom. The van der Waals surface area contributed by atoms with Gasteiger partial charge in [-0.2, -0.15) is 0 Å². The largest absolute Gasteiger partial charge is 0.504 e. The van der Waals surface area contributed by atoms with Gasteiger partial charge in [0.05, 0.1) is 6.54 Å². The van der Waals surface area contributed by atoms with Crippen molar-refractivity contribution in [3.63, 3.8) is 0 Å². The molecule has 144 valence electrons. The van der Waals surface area contributed by atoms with Gasteiger partial charge in [-0.15, -0.1) is 0 Å². The lowest BCUT2D eigenvalue weighted by atomic mass is 10.1. The molecule has 0 spiro atoms. The molecule has 0 saturated heterocycles. The molecule has 2 aromatic heterocycles. The number of rotatable bonds is 5. The number of nitrogens with one attached hydrogen (secondary N) is 1. The number of benzene rings is 1. The van der Waals surface area contributed by atoms with Crippen LogP contribution in [0.2, 0.25) is 0 Å². The van der Waals surface area contributed by atoms with E-state index in [1.54, 1.807) is 18.0 Å². The molecule has 3 aromatic rings. The summed E-state index contributed by atoms with van der Waals surface area (Å²) in [6.07, 6.45) is 4.40. The minimum Gasteiger partial charge on any atom is -0.504 e. The molecule has 2 amide bonds. The fraction of sp³-hybridized carbons (Fsp3) is 0.190. The van der Waals surface area contributed by atoms with Gasteiger partial charge in [-0.3, -0.25) is 9.59 Å². The number of hydrogen-bond donors (Lipinski definition) is 2. The van der Waals surface area contributed by atoms with Crippen LogP contribution < -0.4 is 5.32 Å². The highest BCUT2D eigenvalue weighted by Crippen LogP contribution is 2.26. The highest BCUT2D eigenvalue weighted by Gasteiger charge is 2.14. The topological polar surface area (TPSA) is 95.7 Å². The third kappa shape index (κ3) is 4.20. The van der Waals surface area contributed by atoms with Crippen LogP contribution in [-0.2, 0) is 16.1 Å². The average Bonchev–Trinajstić information content (AvgIpc) is 2.97. The zero-order chi connectivity index (χ0) is 20.3. The van der Waals surface area contributed by atoms with E-state index in [9.17, 15) is 14.7 Å². The van der Waals surface area contributed by atoms with Gasteiger partial charge in [-0.05, 0) is 30.7 Å². The number of carbonyl (C=O) groups excluding carboxylic acids is 2. The van der Waals surface area contributed by atoms with E-state index in [0.717, 1.165) is 22.3 Å². The van der Waals surface area contributed by atoms with Crippen LogP contribution in [0, 0.1) is 6.92 Å². The summed E-state index contributed by atoms with van der Waals surface area (Å²) in [5.74, 6) is 0.1000. The molecular formula is C21H21N3O4. The number of aromatic nitrogens is 1. The minimum absolute atomic E-state index is 0.0773. The van der Waals surface area contributed by atoms with Crippen molar-refractivity contribution in [2.24, 2.45) is 0 Å². The van der Waals surface area contributed by atoms with Crippen molar-refractivity contribution in [3.8, 4) is 5.75 Å². The van der Waals surface area contributed by atoms with Crippen molar-refractivity contribution in [2.45, 2.75) is 20.4 Å². The summed E-state index contributed by atoms with van der Waals surface area (Å²) in [5.41, 5.74) is 2.35. The summed E-state index contributed by atoms with van der Waals surface area (Å²) in [4.78, 5) is 29.0. The average molecular weight is 379 g/mol. The number of amides is 2. The monoisotopic (exact) mass is 379 g/mol. The number of furan rings is 1. The minimum atomic E-state index is -0.330. The Morgan fingerprint density at radius 1 is 1.32 bits per heavy atom.